The van der Waals surface area contributed by atoms with Crippen molar-refractivity contribution >= 4 is 13.7 Å². The number of aliphatic hydroxyl groups excluding tert-OH is 2. The molecular weight excluding hydrogens is 880 g/mol. The number of amides is 1. The molecule has 0 saturated carbocycles. The molecule has 0 bridgehead atoms. The van der Waals surface area contributed by atoms with Gasteiger partial charge in [0.2, 0.25) is 5.91 Å². The minimum absolute atomic E-state index is 0.0397. The number of quaternary nitrogens is 1. The van der Waals surface area contributed by atoms with Gasteiger partial charge in [-0.2, -0.15) is 0 Å². The number of hydrogen-bond donors (Lipinski definition) is 3. The summed E-state index contributed by atoms with van der Waals surface area (Å²) < 4.78 is 23.3. The Kier molecular flexibility index (Phi) is 48.8. The van der Waals surface area contributed by atoms with Crippen molar-refractivity contribution in [3.05, 3.63) is 48.6 Å². The van der Waals surface area contributed by atoms with E-state index in [1.54, 1.807) is 0 Å². The second-order valence-corrected chi connectivity index (χ2v) is 22.5. The van der Waals surface area contributed by atoms with Crippen molar-refractivity contribution in [1.29, 1.82) is 0 Å². The number of carbonyl (C=O) groups is 1. The van der Waals surface area contributed by atoms with E-state index in [9.17, 15) is 24.5 Å². The Balaban J connectivity index is 4.06. The molecule has 0 aliphatic rings. The fourth-order valence-corrected chi connectivity index (χ4v) is 9.32. The normalized spacial score (nSPS) is 14.7. The maximum Gasteiger partial charge on any atom is 0.268 e. The van der Waals surface area contributed by atoms with E-state index in [2.05, 4.69) is 67.8 Å². The van der Waals surface area contributed by atoms with E-state index < -0.39 is 32.7 Å². The summed E-state index contributed by atoms with van der Waals surface area (Å²) in [5, 5.41) is 24.8. The van der Waals surface area contributed by atoms with Crippen LogP contribution in [-0.4, -0.2) is 79.8 Å². The summed E-state index contributed by atoms with van der Waals surface area (Å²) in [6.07, 6.45) is 61.8. The van der Waals surface area contributed by atoms with Gasteiger partial charge in [0.05, 0.1) is 39.9 Å². The maximum absolute atomic E-state index is 13.0. The lowest BCUT2D eigenvalue weighted by Crippen LogP contribution is -2.51. The Morgan fingerprint density at radius 3 is 1.33 bits per heavy atom. The van der Waals surface area contributed by atoms with E-state index in [1.807, 2.05) is 21.1 Å². The van der Waals surface area contributed by atoms with Gasteiger partial charge in [0, 0.05) is 6.42 Å². The Hall–Kier alpha value is -1.58. The highest BCUT2D eigenvalue weighted by Gasteiger charge is 2.29. The van der Waals surface area contributed by atoms with Crippen LogP contribution in [0.2, 0.25) is 0 Å². The molecule has 3 N–H and O–H groups in total. The first-order valence-electron chi connectivity index (χ1n) is 29.1. The van der Waals surface area contributed by atoms with Gasteiger partial charge in [0.25, 0.3) is 7.82 Å². The number of phosphoric acid groups is 1. The zero-order valence-electron chi connectivity index (χ0n) is 45.9. The van der Waals surface area contributed by atoms with E-state index in [-0.39, 0.29) is 18.9 Å². The molecule has 1 amide bonds. The van der Waals surface area contributed by atoms with Gasteiger partial charge in [0.1, 0.15) is 19.3 Å². The Labute approximate surface area is 427 Å². The van der Waals surface area contributed by atoms with Crippen LogP contribution in [0.15, 0.2) is 48.6 Å². The average Bonchev–Trinajstić information content (AvgIpc) is 3.31. The number of rotatable bonds is 53. The summed E-state index contributed by atoms with van der Waals surface area (Å²) in [4.78, 5) is 25.5. The molecule has 0 aromatic rings. The van der Waals surface area contributed by atoms with Gasteiger partial charge in [0.15, 0.2) is 0 Å². The second kappa shape index (κ2) is 50.0. The summed E-state index contributed by atoms with van der Waals surface area (Å²) in [7, 11) is 1.13. The number of phosphoric ester groups is 1. The van der Waals surface area contributed by atoms with E-state index in [0.717, 1.165) is 64.2 Å². The molecule has 4 unspecified atom stereocenters. The fourth-order valence-electron chi connectivity index (χ4n) is 8.60. The van der Waals surface area contributed by atoms with Crippen LogP contribution in [0, 0.1) is 0 Å². The molecule has 0 saturated heterocycles. The van der Waals surface area contributed by atoms with Gasteiger partial charge in [-0.1, -0.05) is 255 Å². The topological polar surface area (TPSA) is 128 Å². The summed E-state index contributed by atoms with van der Waals surface area (Å²) in [5.41, 5.74) is 0. The molecule has 69 heavy (non-hydrogen) atoms. The van der Waals surface area contributed by atoms with Crippen LogP contribution in [0.5, 0.6) is 0 Å². The minimum atomic E-state index is -4.67. The van der Waals surface area contributed by atoms with Crippen LogP contribution in [0.25, 0.3) is 0 Å². The third-order valence-electron chi connectivity index (χ3n) is 13.2. The van der Waals surface area contributed by atoms with Gasteiger partial charge < -0.3 is 34.0 Å². The van der Waals surface area contributed by atoms with Crippen LogP contribution in [-0.2, 0) is 18.4 Å². The van der Waals surface area contributed by atoms with Crippen molar-refractivity contribution in [1.82, 2.24) is 5.32 Å². The van der Waals surface area contributed by atoms with E-state index in [0.29, 0.717) is 17.4 Å². The number of nitrogens with zero attached hydrogens (tertiary/aromatic N) is 1. The molecule has 0 heterocycles. The first-order chi connectivity index (χ1) is 33.4. The predicted octanol–water partition coefficient (Wildman–Crippen LogP) is 15.9. The monoisotopic (exact) mass is 993 g/mol. The third kappa shape index (κ3) is 51.1. The van der Waals surface area contributed by atoms with E-state index in [4.69, 9.17) is 9.05 Å². The number of nitrogens with one attached hydrogen (secondary N) is 1. The van der Waals surface area contributed by atoms with Crippen molar-refractivity contribution in [2.45, 2.75) is 283 Å². The molecule has 9 nitrogen and oxygen atoms in total. The highest BCUT2D eigenvalue weighted by molar-refractivity contribution is 7.45. The Bertz CT molecular complexity index is 1280. The van der Waals surface area contributed by atoms with Gasteiger partial charge in [-0.25, -0.2) is 0 Å². The molecule has 0 aliphatic heterocycles. The van der Waals surface area contributed by atoms with Crippen LogP contribution in [0.1, 0.15) is 264 Å². The predicted molar refractivity (Wildman–Crippen MR) is 294 cm³/mol. The van der Waals surface area contributed by atoms with Crippen molar-refractivity contribution in [2.75, 3.05) is 40.9 Å². The number of carbonyl (C=O) groups excluding carboxylic acids is 1. The Morgan fingerprint density at radius 1 is 0.536 bits per heavy atom. The molecule has 0 spiro atoms. The zero-order chi connectivity index (χ0) is 50.8. The highest BCUT2D eigenvalue weighted by atomic mass is 31.2. The lowest BCUT2D eigenvalue weighted by molar-refractivity contribution is -0.870. The minimum Gasteiger partial charge on any atom is -0.756 e. The third-order valence-corrected chi connectivity index (χ3v) is 14.1. The molecule has 4 atom stereocenters. The average molecular weight is 994 g/mol. The standard InChI is InChI=1S/C59H113N2O7P/c1-6-8-10-12-14-16-18-20-21-22-23-24-25-26-27-28-29-30-31-32-33-34-35-36-37-38-39-40-42-44-46-48-50-52-58(63)60-56(55-68-69(65,66)67-54-53-61(3,4)5)59(64)57(62)51-49-47-45-43-41-19-17-15-13-11-9-7-2/h8,10,14,16,20-21,23-24,56-57,59,62,64H,6-7,9,11-13,15,17-19,22,25-55H2,1-5H3,(H-,60,63,65,66)/b10-8-,16-14-,21-20-,24-23-. The van der Waals surface area contributed by atoms with Crippen molar-refractivity contribution < 1.29 is 38.0 Å². The molecule has 0 aromatic carbocycles. The molecule has 0 aliphatic carbocycles. The maximum atomic E-state index is 13.0. The van der Waals surface area contributed by atoms with Crippen molar-refractivity contribution in [3.8, 4) is 0 Å². The van der Waals surface area contributed by atoms with Crippen LogP contribution < -0.4 is 10.2 Å². The number of unbranched alkanes of at least 4 members (excludes halogenated alkanes) is 31. The van der Waals surface area contributed by atoms with Crippen LogP contribution in [0.3, 0.4) is 0 Å². The zero-order valence-corrected chi connectivity index (χ0v) is 46.8. The lowest BCUT2D eigenvalue weighted by Gasteiger charge is -2.31. The number of aliphatic hydroxyl groups is 2. The molecule has 0 radical (unpaired) electrons. The summed E-state index contributed by atoms with van der Waals surface area (Å²) in [6, 6.07) is -1.07. The number of allylic oxidation sites excluding steroid dienone is 8. The first kappa shape index (κ1) is 67.4. The molecule has 10 heteroatoms. The second-order valence-electron chi connectivity index (χ2n) is 21.1. The fraction of sp³-hybridized carbons (Fsp3) is 0.847. The molecule has 0 fully saturated rings. The lowest BCUT2D eigenvalue weighted by atomic mass is 9.99. The van der Waals surface area contributed by atoms with Gasteiger partial charge in [-0.3, -0.25) is 9.36 Å². The smallest absolute Gasteiger partial charge is 0.268 e. The first-order valence-corrected chi connectivity index (χ1v) is 30.5. The number of hydrogen-bond acceptors (Lipinski definition) is 7. The SMILES string of the molecule is CC/C=C\C/C=C\C/C=C\C/C=C\CCCCCCCCCCCCCCCCCCCCCCC(=O)NC(COP(=O)([O-])OCC[N+](C)(C)C)C(O)C(O)CCCCCCCCCCCCCC. The summed E-state index contributed by atoms with van der Waals surface area (Å²) >= 11 is 0. The van der Waals surface area contributed by atoms with Crippen LogP contribution in [0.4, 0.5) is 0 Å². The quantitative estimate of drug-likeness (QED) is 0.0240. The van der Waals surface area contributed by atoms with Crippen molar-refractivity contribution in [3.63, 3.8) is 0 Å². The van der Waals surface area contributed by atoms with E-state index in [1.165, 1.54) is 173 Å². The van der Waals surface area contributed by atoms with Gasteiger partial charge in [-0.05, 0) is 51.4 Å². The highest BCUT2D eigenvalue weighted by Crippen LogP contribution is 2.38. The van der Waals surface area contributed by atoms with E-state index >= 15 is 0 Å². The molecule has 406 valence electrons. The summed E-state index contributed by atoms with van der Waals surface area (Å²) in [6.45, 7) is 4.34. The van der Waals surface area contributed by atoms with Crippen LogP contribution >= 0.6 is 7.82 Å². The summed E-state index contributed by atoms with van der Waals surface area (Å²) in [5.74, 6) is -0.276. The molecule has 0 rings (SSSR count). The molecule has 0 aromatic heterocycles. The number of likely N-dealkylation sites (N-methyl/N-ethyl adjacent to an activating group) is 1. The van der Waals surface area contributed by atoms with Gasteiger partial charge in [-0.15, -0.1) is 0 Å². The molecular formula is C59H113N2O7P. The largest absolute Gasteiger partial charge is 0.756 e. The van der Waals surface area contributed by atoms with Crippen molar-refractivity contribution in [2.24, 2.45) is 0 Å². The Morgan fingerprint density at radius 2 is 0.913 bits per heavy atom. The van der Waals surface area contributed by atoms with Gasteiger partial charge >= 0.3 is 0 Å².